The van der Waals surface area contributed by atoms with E-state index < -0.39 is 0 Å². The summed E-state index contributed by atoms with van der Waals surface area (Å²) in [5.41, 5.74) is 3.62. The second kappa shape index (κ2) is 5.57. The molecule has 7 nitrogen and oxygen atoms in total. The van der Waals surface area contributed by atoms with Crippen LogP contribution in [-0.2, 0) is 11.3 Å². The number of benzene rings is 1. The monoisotopic (exact) mass is 315 g/mol. The molecule has 0 radical (unpaired) electrons. The van der Waals surface area contributed by atoms with Gasteiger partial charge >= 0.3 is 0 Å². The first-order valence-corrected chi connectivity index (χ1v) is 6.99. The number of H-pyrrole nitrogens is 1. The molecule has 0 aliphatic heterocycles. The molecule has 2 N–H and O–H groups in total. The molecular formula is C14H13N5O2S. The maximum Gasteiger partial charge on any atom is 0.281 e. The van der Waals surface area contributed by atoms with E-state index in [1.807, 2.05) is 6.92 Å². The van der Waals surface area contributed by atoms with E-state index in [0.717, 1.165) is 10.4 Å². The average Bonchev–Trinajstić information content (AvgIpc) is 2.89. The molecule has 1 aromatic carbocycles. The normalized spacial score (nSPS) is 10.8. The fourth-order valence-corrected chi connectivity index (χ4v) is 2.36. The van der Waals surface area contributed by atoms with Crippen molar-refractivity contribution in [3.05, 3.63) is 57.3 Å². The number of carbonyl (C=O) groups excluding carboxylic acids is 1. The molecule has 0 aliphatic rings. The van der Waals surface area contributed by atoms with Crippen molar-refractivity contribution in [1.29, 1.82) is 0 Å². The molecule has 2 heterocycles. The standard InChI is InChI=1S/C14H13N5O2S/c1-9-6-7-15-18(9)8-12(20)17-19-13(21)10-4-2-3-5-11(10)16-14(19)22/h2-7H,8H2,1H3,(H,16,22)(H,17,20). The van der Waals surface area contributed by atoms with E-state index in [0.29, 0.717) is 10.9 Å². The van der Waals surface area contributed by atoms with Gasteiger partial charge in [0.15, 0.2) is 4.77 Å². The van der Waals surface area contributed by atoms with Crippen LogP contribution in [0.1, 0.15) is 5.69 Å². The first-order valence-electron chi connectivity index (χ1n) is 6.58. The van der Waals surface area contributed by atoms with Crippen molar-refractivity contribution in [2.24, 2.45) is 0 Å². The van der Waals surface area contributed by atoms with Gasteiger partial charge in [0.1, 0.15) is 6.54 Å². The van der Waals surface area contributed by atoms with Crippen molar-refractivity contribution in [3.63, 3.8) is 0 Å². The quantitative estimate of drug-likeness (QED) is 0.714. The Kier molecular flexibility index (Phi) is 3.60. The SMILES string of the molecule is Cc1ccnn1CC(=O)Nn1c(=S)[nH]c2ccccc2c1=O. The average molecular weight is 315 g/mol. The van der Waals surface area contributed by atoms with Crippen LogP contribution in [0.25, 0.3) is 10.9 Å². The van der Waals surface area contributed by atoms with Crippen LogP contribution >= 0.6 is 12.2 Å². The van der Waals surface area contributed by atoms with Crippen molar-refractivity contribution < 1.29 is 4.79 Å². The fourth-order valence-electron chi connectivity index (χ4n) is 2.12. The molecule has 112 valence electrons. The lowest BCUT2D eigenvalue weighted by atomic mass is 10.2. The van der Waals surface area contributed by atoms with Gasteiger partial charge in [0.05, 0.1) is 10.9 Å². The number of aryl methyl sites for hydroxylation is 1. The largest absolute Gasteiger partial charge is 0.330 e. The van der Waals surface area contributed by atoms with Gasteiger partial charge in [0.25, 0.3) is 11.5 Å². The van der Waals surface area contributed by atoms with Crippen molar-refractivity contribution in [1.82, 2.24) is 19.4 Å². The number of aromatic amines is 1. The van der Waals surface area contributed by atoms with Gasteiger partial charge in [-0.15, -0.1) is 0 Å². The van der Waals surface area contributed by atoms with Crippen LogP contribution in [0.4, 0.5) is 0 Å². The van der Waals surface area contributed by atoms with Gasteiger partial charge in [-0.25, -0.2) is 0 Å². The summed E-state index contributed by atoms with van der Waals surface area (Å²) in [5, 5.41) is 4.48. The topological polar surface area (TPSA) is 84.7 Å². The highest BCUT2D eigenvalue weighted by Crippen LogP contribution is 2.05. The molecule has 3 aromatic rings. The lowest BCUT2D eigenvalue weighted by molar-refractivity contribution is -0.117. The van der Waals surface area contributed by atoms with Gasteiger partial charge in [0.2, 0.25) is 0 Å². The van der Waals surface area contributed by atoms with Crippen molar-refractivity contribution >= 4 is 29.0 Å². The van der Waals surface area contributed by atoms with Gasteiger partial charge in [-0.05, 0) is 37.3 Å². The lowest BCUT2D eigenvalue weighted by Crippen LogP contribution is -2.36. The number of nitrogens with zero attached hydrogens (tertiary/aromatic N) is 3. The predicted molar refractivity (Wildman–Crippen MR) is 84.7 cm³/mol. The molecule has 22 heavy (non-hydrogen) atoms. The minimum Gasteiger partial charge on any atom is -0.330 e. The highest BCUT2D eigenvalue weighted by molar-refractivity contribution is 7.71. The number of aromatic nitrogens is 4. The second-order valence-electron chi connectivity index (χ2n) is 4.78. The number of nitrogens with one attached hydrogen (secondary N) is 2. The van der Waals surface area contributed by atoms with E-state index in [4.69, 9.17) is 12.2 Å². The molecule has 0 fully saturated rings. The van der Waals surface area contributed by atoms with Crippen LogP contribution in [-0.4, -0.2) is 25.3 Å². The zero-order chi connectivity index (χ0) is 15.7. The number of para-hydroxylation sites is 1. The third-order valence-corrected chi connectivity index (χ3v) is 3.55. The molecule has 8 heteroatoms. The Balaban J connectivity index is 1.94. The molecule has 0 atom stereocenters. The number of hydrogen-bond donors (Lipinski definition) is 2. The Bertz CT molecular complexity index is 969. The van der Waals surface area contributed by atoms with E-state index in [1.54, 1.807) is 36.5 Å². The van der Waals surface area contributed by atoms with Gasteiger partial charge in [0, 0.05) is 11.9 Å². The van der Waals surface area contributed by atoms with E-state index in [1.165, 1.54) is 4.68 Å². The summed E-state index contributed by atoms with van der Waals surface area (Å²) in [7, 11) is 0. The zero-order valence-electron chi connectivity index (χ0n) is 11.7. The first kappa shape index (κ1) is 14.2. The molecule has 0 spiro atoms. The summed E-state index contributed by atoms with van der Waals surface area (Å²) in [4.78, 5) is 27.4. The lowest BCUT2D eigenvalue weighted by Gasteiger charge is -2.10. The van der Waals surface area contributed by atoms with Crippen LogP contribution in [0.3, 0.4) is 0 Å². The molecule has 0 bridgehead atoms. The molecule has 1 amide bonds. The molecule has 0 saturated carbocycles. The van der Waals surface area contributed by atoms with Gasteiger partial charge in [-0.1, -0.05) is 12.1 Å². The Hall–Kier alpha value is -2.74. The van der Waals surface area contributed by atoms with Gasteiger partial charge in [-0.2, -0.15) is 9.77 Å². The number of fused-ring (bicyclic) bond motifs is 1. The third-order valence-electron chi connectivity index (χ3n) is 3.26. The zero-order valence-corrected chi connectivity index (χ0v) is 12.6. The van der Waals surface area contributed by atoms with Crippen molar-refractivity contribution in [2.75, 3.05) is 5.43 Å². The summed E-state index contributed by atoms with van der Waals surface area (Å²) in [6.07, 6.45) is 1.61. The minimum atomic E-state index is -0.385. The minimum absolute atomic E-state index is 0.00682. The predicted octanol–water partition coefficient (Wildman–Crippen LogP) is 1.33. The van der Waals surface area contributed by atoms with Crippen LogP contribution in [0.15, 0.2) is 41.3 Å². The van der Waals surface area contributed by atoms with Crippen molar-refractivity contribution in [2.45, 2.75) is 13.5 Å². The smallest absolute Gasteiger partial charge is 0.281 e. The summed E-state index contributed by atoms with van der Waals surface area (Å²) in [5.74, 6) is -0.385. The Morgan fingerprint density at radius 1 is 1.36 bits per heavy atom. The first-order chi connectivity index (χ1) is 10.6. The Morgan fingerprint density at radius 2 is 2.14 bits per heavy atom. The van der Waals surface area contributed by atoms with Crippen LogP contribution in [0, 0.1) is 11.7 Å². The maximum absolute atomic E-state index is 12.4. The fraction of sp³-hybridized carbons (Fsp3) is 0.143. The highest BCUT2D eigenvalue weighted by Gasteiger charge is 2.10. The third kappa shape index (κ3) is 2.56. The van der Waals surface area contributed by atoms with Gasteiger partial charge < -0.3 is 4.98 Å². The summed E-state index contributed by atoms with van der Waals surface area (Å²) < 4.78 is 2.71. The van der Waals surface area contributed by atoms with Crippen LogP contribution in [0.2, 0.25) is 0 Å². The van der Waals surface area contributed by atoms with Crippen LogP contribution < -0.4 is 11.0 Å². The summed E-state index contributed by atoms with van der Waals surface area (Å²) in [6.45, 7) is 1.85. The number of amides is 1. The van der Waals surface area contributed by atoms with Crippen molar-refractivity contribution in [3.8, 4) is 0 Å². The van der Waals surface area contributed by atoms with E-state index in [-0.39, 0.29) is 22.8 Å². The molecule has 3 rings (SSSR count). The number of rotatable bonds is 3. The maximum atomic E-state index is 12.4. The second-order valence-corrected chi connectivity index (χ2v) is 5.17. The highest BCUT2D eigenvalue weighted by atomic mass is 32.1. The molecule has 0 aliphatic carbocycles. The molecule has 0 unspecified atom stereocenters. The van der Waals surface area contributed by atoms with Crippen LogP contribution in [0.5, 0.6) is 0 Å². The van der Waals surface area contributed by atoms with E-state index in [9.17, 15) is 9.59 Å². The summed E-state index contributed by atoms with van der Waals surface area (Å²) in [6, 6.07) is 8.77. The van der Waals surface area contributed by atoms with E-state index in [2.05, 4.69) is 15.5 Å². The number of hydrogen-bond acceptors (Lipinski definition) is 4. The Labute approximate surface area is 130 Å². The van der Waals surface area contributed by atoms with Gasteiger partial charge in [-0.3, -0.25) is 19.7 Å². The summed E-state index contributed by atoms with van der Waals surface area (Å²) >= 11 is 5.13. The van der Waals surface area contributed by atoms with E-state index >= 15 is 0 Å². The molecule has 0 saturated heterocycles. The molecular weight excluding hydrogens is 302 g/mol. The molecule has 2 aromatic heterocycles. The number of carbonyl (C=O) groups is 1. The Morgan fingerprint density at radius 3 is 2.86 bits per heavy atom.